The molecule has 0 saturated carbocycles. The molecular weight excluding hydrogens is 524 g/mol. The predicted molar refractivity (Wildman–Crippen MR) is 119 cm³/mol. The standard InChI is InChI=1S/C23H27F6N5O4/c1-12-7-16(35)34(9-12)10-13(30-20(37)38-21(2,3)4)8-17(36)33-6-5-14-15(11-33)31-19(23(27,28)29)32-18(14)22(24,25)26/h7,13H,5-6,8-11H2,1-4H3,(H,30,37)/t13-/m0/s1. The van der Waals surface area contributed by atoms with E-state index >= 15 is 0 Å². The number of amides is 3. The molecule has 0 saturated heterocycles. The maximum Gasteiger partial charge on any atom is 0.451 e. The molecule has 9 nitrogen and oxygen atoms in total. The first-order valence-electron chi connectivity index (χ1n) is 11.6. The van der Waals surface area contributed by atoms with Crippen LogP contribution in [0.1, 0.15) is 56.9 Å². The Labute approximate surface area is 214 Å². The lowest BCUT2D eigenvalue weighted by Crippen LogP contribution is -2.49. The van der Waals surface area contributed by atoms with Crippen LogP contribution in [0.15, 0.2) is 11.6 Å². The van der Waals surface area contributed by atoms with Crippen LogP contribution in [-0.4, -0.2) is 69.0 Å². The third kappa shape index (κ3) is 7.34. The highest BCUT2D eigenvalue weighted by atomic mass is 19.4. The summed E-state index contributed by atoms with van der Waals surface area (Å²) in [5, 5.41) is 2.53. The fourth-order valence-corrected chi connectivity index (χ4v) is 4.13. The Morgan fingerprint density at radius 3 is 2.26 bits per heavy atom. The maximum absolute atomic E-state index is 13.4. The number of aromatic nitrogens is 2. The fraction of sp³-hybridized carbons (Fsp3) is 0.609. The van der Waals surface area contributed by atoms with Crippen molar-refractivity contribution in [2.75, 3.05) is 19.6 Å². The summed E-state index contributed by atoms with van der Waals surface area (Å²) < 4.78 is 85.1. The zero-order valence-corrected chi connectivity index (χ0v) is 21.1. The minimum atomic E-state index is -5.22. The molecule has 3 amide bonds. The quantitative estimate of drug-likeness (QED) is 0.562. The lowest BCUT2D eigenvalue weighted by Gasteiger charge is -2.32. The molecule has 1 aromatic heterocycles. The number of carbonyl (C=O) groups excluding carboxylic acids is 3. The van der Waals surface area contributed by atoms with Gasteiger partial charge in [-0.15, -0.1) is 0 Å². The number of alkyl carbamates (subject to hydrolysis) is 1. The summed E-state index contributed by atoms with van der Waals surface area (Å²) in [7, 11) is 0. The minimum absolute atomic E-state index is 0.0688. The van der Waals surface area contributed by atoms with E-state index < -0.39 is 71.7 Å². The zero-order chi connectivity index (χ0) is 28.6. The van der Waals surface area contributed by atoms with E-state index in [1.807, 2.05) is 0 Å². The van der Waals surface area contributed by atoms with Gasteiger partial charge in [0.05, 0.1) is 18.3 Å². The van der Waals surface area contributed by atoms with Crippen LogP contribution in [-0.2, 0) is 39.6 Å². The van der Waals surface area contributed by atoms with Gasteiger partial charge in [-0.2, -0.15) is 26.3 Å². The Kier molecular flexibility index (Phi) is 7.99. The van der Waals surface area contributed by atoms with Crippen LogP contribution in [0.4, 0.5) is 31.1 Å². The predicted octanol–water partition coefficient (Wildman–Crippen LogP) is 3.47. The van der Waals surface area contributed by atoms with Crippen molar-refractivity contribution in [2.24, 2.45) is 0 Å². The van der Waals surface area contributed by atoms with Gasteiger partial charge in [-0.25, -0.2) is 14.8 Å². The highest BCUT2D eigenvalue weighted by Gasteiger charge is 2.44. The summed E-state index contributed by atoms with van der Waals surface area (Å²) >= 11 is 0. The lowest BCUT2D eigenvalue weighted by atomic mass is 10.0. The normalized spacial score (nSPS) is 17.2. The average Bonchev–Trinajstić information content (AvgIpc) is 3.06. The van der Waals surface area contributed by atoms with Crippen LogP contribution >= 0.6 is 0 Å². The van der Waals surface area contributed by atoms with Gasteiger partial charge in [0.1, 0.15) is 5.60 Å². The molecule has 210 valence electrons. The number of halogens is 6. The number of carbonyl (C=O) groups is 3. The number of rotatable bonds is 5. The molecule has 0 radical (unpaired) electrons. The van der Waals surface area contributed by atoms with E-state index in [4.69, 9.17) is 4.74 Å². The van der Waals surface area contributed by atoms with Crippen LogP contribution in [0.2, 0.25) is 0 Å². The van der Waals surface area contributed by atoms with Crippen LogP contribution in [0.5, 0.6) is 0 Å². The molecule has 0 aliphatic carbocycles. The Morgan fingerprint density at radius 1 is 1.08 bits per heavy atom. The van der Waals surface area contributed by atoms with E-state index in [1.54, 1.807) is 27.7 Å². The maximum atomic E-state index is 13.4. The zero-order valence-electron chi connectivity index (χ0n) is 21.1. The largest absolute Gasteiger partial charge is 0.451 e. The van der Waals surface area contributed by atoms with Crippen LogP contribution in [0, 0.1) is 0 Å². The van der Waals surface area contributed by atoms with E-state index in [0.29, 0.717) is 0 Å². The topological polar surface area (TPSA) is 105 Å². The van der Waals surface area contributed by atoms with E-state index in [9.17, 15) is 40.7 Å². The fourth-order valence-electron chi connectivity index (χ4n) is 4.13. The molecule has 3 heterocycles. The monoisotopic (exact) mass is 551 g/mol. The van der Waals surface area contributed by atoms with E-state index in [1.165, 1.54) is 11.0 Å². The molecule has 2 aliphatic rings. The second-order valence-corrected chi connectivity index (χ2v) is 10.1. The number of hydrogen-bond acceptors (Lipinski definition) is 6. The second kappa shape index (κ2) is 10.4. The Balaban J connectivity index is 1.81. The van der Waals surface area contributed by atoms with Gasteiger partial charge in [0.2, 0.25) is 17.6 Å². The van der Waals surface area contributed by atoms with Crippen molar-refractivity contribution in [1.82, 2.24) is 25.1 Å². The second-order valence-electron chi connectivity index (χ2n) is 10.1. The van der Waals surface area contributed by atoms with Crippen molar-refractivity contribution < 1.29 is 45.5 Å². The van der Waals surface area contributed by atoms with E-state index in [2.05, 4.69) is 15.3 Å². The molecule has 15 heteroatoms. The minimum Gasteiger partial charge on any atom is -0.444 e. The first kappa shape index (κ1) is 29.2. The van der Waals surface area contributed by atoms with Gasteiger partial charge < -0.3 is 19.9 Å². The highest BCUT2D eigenvalue weighted by Crippen LogP contribution is 2.36. The summed E-state index contributed by atoms with van der Waals surface area (Å²) in [5.41, 5.74) is -2.82. The molecule has 0 unspecified atom stereocenters. The number of nitrogens with one attached hydrogen (secondary N) is 1. The first-order valence-corrected chi connectivity index (χ1v) is 11.6. The lowest BCUT2D eigenvalue weighted by molar-refractivity contribution is -0.153. The summed E-state index contributed by atoms with van der Waals surface area (Å²) in [5.74, 6) is -2.93. The highest BCUT2D eigenvalue weighted by molar-refractivity contribution is 5.91. The molecule has 2 aliphatic heterocycles. The summed E-state index contributed by atoms with van der Waals surface area (Å²) in [6, 6.07) is -0.941. The SMILES string of the molecule is CC1=CC(=O)N(C[C@H](CC(=O)N2CCc3c(nc(C(F)(F)F)nc3C(F)(F)F)C2)NC(=O)OC(C)(C)C)C1. The van der Waals surface area contributed by atoms with E-state index in [0.717, 1.165) is 10.5 Å². The Morgan fingerprint density at radius 2 is 1.74 bits per heavy atom. The average molecular weight is 551 g/mol. The Bertz CT molecular complexity index is 1140. The van der Waals surface area contributed by atoms with Crippen LogP contribution in [0.3, 0.4) is 0 Å². The van der Waals surface area contributed by atoms with Crippen molar-refractivity contribution >= 4 is 17.9 Å². The van der Waals surface area contributed by atoms with Crippen LogP contribution in [0.25, 0.3) is 0 Å². The number of hydrogen-bond donors (Lipinski definition) is 1. The van der Waals surface area contributed by atoms with Gasteiger partial charge in [0.15, 0.2) is 5.69 Å². The van der Waals surface area contributed by atoms with Crippen molar-refractivity contribution in [3.8, 4) is 0 Å². The third-order valence-electron chi connectivity index (χ3n) is 5.64. The van der Waals surface area contributed by atoms with Gasteiger partial charge >= 0.3 is 18.4 Å². The molecule has 3 rings (SSSR count). The number of nitrogens with zero attached hydrogens (tertiary/aromatic N) is 4. The third-order valence-corrected chi connectivity index (χ3v) is 5.64. The molecule has 38 heavy (non-hydrogen) atoms. The van der Waals surface area contributed by atoms with Crippen LogP contribution < -0.4 is 5.32 Å². The molecule has 1 atom stereocenters. The molecule has 0 spiro atoms. The smallest absolute Gasteiger partial charge is 0.444 e. The number of fused-ring (bicyclic) bond motifs is 1. The van der Waals surface area contributed by atoms with Crippen molar-refractivity contribution in [1.29, 1.82) is 0 Å². The number of alkyl halides is 6. The van der Waals surface area contributed by atoms with Gasteiger partial charge in [-0.3, -0.25) is 9.59 Å². The molecule has 0 fully saturated rings. The molecule has 0 bridgehead atoms. The van der Waals surface area contributed by atoms with Gasteiger partial charge in [-0.1, -0.05) is 0 Å². The summed E-state index contributed by atoms with van der Waals surface area (Å²) in [4.78, 5) is 46.1. The molecule has 0 aromatic carbocycles. The van der Waals surface area contributed by atoms with Gasteiger partial charge in [0, 0.05) is 37.7 Å². The van der Waals surface area contributed by atoms with E-state index in [-0.39, 0.29) is 32.0 Å². The first-order chi connectivity index (χ1) is 17.3. The summed E-state index contributed by atoms with van der Waals surface area (Å²) in [6.07, 6.45) is -10.6. The van der Waals surface area contributed by atoms with Crippen molar-refractivity contribution in [2.45, 2.75) is 71.1 Å². The van der Waals surface area contributed by atoms with Crippen molar-refractivity contribution in [3.63, 3.8) is 0 Å². The Hall–Kier alpha value is -3.39. The molecule has 1 N–H and O–H groups in total. The number of ether oxygens (including phenoxy) is 1. The van der Waals surface area contributed by atoms with Gasteiger partial charge in [-0.05, 0) is 39.7 Å². The van der Waals surface area contributed by atoms with Gasteiger partial charge in [0.25, 0.3) is 0 Å². The molecule has 1 aromatic rings. The summed E-state index contributed by atoms with van der Waals surface area (Å²) in [6.45, 7) is 5.98. The molecular formula is C23H27F6N5O4. The van der Waals surface area contributed by atoms with Crippen molar-refractivity contribution in [3.05, 3.63) is 34.4 Å².